The first-order valence-corrected chi connectivity index (χ1v) is 12.9. The maximum Gasteiger partial charge on any atom is 0.314 e. The van der Waals surface area contributed by atoms with Crippen molar-refractivity contribution in [1.29, 1.82) is 0 Å². The van der Waals surface area contributed by atoms with Crippen LogP contribution in [0.25, 0.3) is 22.4 Å². The number of hydrogen-bond acceptors (Lipinski definition) is 7. The number of carbonyl (C=O) groups is 2. The summed E-state index contributed by atoms with van der Waals surface area (Å²) in [6, 6.07) is 21.9. The smallest absolute Gasteiger partial charge is 0.314 e. The number of anilines is 2. The van der Waals surface area contributed by atoms with E-state index in [0.29, 0.717) is 13.0 Å². The third-order valence-corrected chi connectivity index (χ3v) is 7.51. The van der Waals surface area contributed by atoms with E-state index in [1.165, 1.54) is 0 Å². The van der Waals surface area contributed by atoms with Gasteiger partial charge in [0, 0.05) is 30.4 Å². The summed E-state index contributed by atoms with van der Waals surface area (Å²) >= 11 is 0. The van der Waals surface area contributed by atoms with Gasteiger partial charge in [-0.15, -0.1) is 0 Å². The van der Waals surface area contributed by atoms with Crippen LogP contribution >= 0.6 is 0 Å². The third kappa shape index (κ3) is 4.97. The number of fused-ring (bicyclic) bond motifs is 3. The van der Waals surface area contributed by atoms with Gasteiger partial charge in [0.05, 0.1) is 5.41 Å². The number of hydrogen-bond donors (Lipinski definition) is 3. The number of aryl methyl sites for hydroxylation is 1. The molecule has 1 fully saturated rings. The van der Waals surface area contributed by atoms with Gasteiger partial charge in [0.1, 0.15) is 17.5 Å². The predicted octanol–water partition coefficient (Wildman–Crippen LogP) is 6.32. The number of nitrogens with one attached hydrogen (secondary N) is 2. The molecule has 3 aromatic carbocycles. The van der Waals surface area contributed by atoms with Crippen LogP contribution < -0.4 is 10.6 Å². The van der Waals surface area contributed by atoms with Crippen LogP contribution in [0.4, 0.5) is 11.4 Å². The molecular weight excluding hydrogens is 494 g/mol. The maximum atomic E-state index is 11.6. The highest BCUT2D eigenvalue weighted by molar-refractivity contribution is 5.89. The number of carboxylic acid groups (broad SMARTS) is 1. The molecular formula is C31H31N3O5. The highest BCUT2D eigenvalue weighted by Crippen LogP contribution is 2.50. The monoisotopic (exact) mass is 525 g/mol. The third-order valence-electron chi connectivity index (χ3n) is 7.51. The molecule has 0 bridgehead atoms. The zero-order valence-electron chi connectivity index (χ0n) is 22.2. The van der Waals surface area contributed by atoms with E-state index in [4.69, 9.17) is 9.26 Å². The van der Waals surface area contributed by atoms with Gasteiger partial charge < -0.3 is 25.0 Å². The van der Waals surface area contributed by atoms with E-state index in [1.54, 1.807) is 0 Å². The number of rotatable bonds is 7. The van der Waals surface area contributed by atoms with Crippen LogP contribution in [0.1, 0.15) is 48.3 Å². The molecule has 6 rings (SSSR count). The van der Waals surface area contributed by atoms with Crippen LogP contribution in [0.2, 0.25) is 0 Å². The minimum absolute atomic E-state index is 0.145. The molecule has 0 saturated heterocycles. The summed E-state index contributed by atoms with van der Waals surface area (Å²) in [5.74, 6) is 0.0398. The van der Waals surface area contributed by atoms with Crippen LogP contribution in [0.5, 0.6) is 0 Å². The average Bonchev–Trinajstić information content (AvgIpc) is 3.70. The molecule has 1 unspecified atom stereocenters. The predicted molar refractivity (Wildman–Crippen MR) is 150 cm³/mol. The number of aromatic nitrogens is 1. The largest absolute Gasteiger partial charge is 0.481 e. The minimum atomic E-state index is -0.718. The standard InChI is InChI=1S/C22H21N3O3.C9H10O2/c1-12-19(23-2)20(25-28-12)13-3-5-17-16-6-4-15(22(7-8-22)21(26)27)9-14(16)11-24-18(17)10-13;1-8(11-7-10)9-5-3-2-4-6-9/h3-6,9-10,23-24H,7-8,11H2,1-2H3,(H,26,27);2-8H,1H3. The molecule has 1 aliphatic heterocycles. The lowest BCUT2D eigenvalue weighted by Gasteiger charge is -2.24. The number of carboxylic acids is 1. The lowest BCUT2D eigenvalue weighted by molar-refractivity contribution is -0.140. The number of carbonyl (C=O) groups excluding carboxylic acids is 1. The Morgan fingerprint density at radius 3 is 2.54 bits per heavy atom. The number of ether oxygens (including phenoxy) is 1. The lowest BCUT2D eigenvalue weighted by atomic mass is 9.87. The van der Waals surface area contributed by atoms with Crippen molar-refractivity contribution in [1.82, 2.24) is 5.16 Å². The Balaban J connectivity index is 0.000000237. The van der Waals surface area contributed by atoms with Gasteiger partial charge in [0.15, 0.2) is 5.76 Å². The van der Waals surface area contributed by atoms with Crippen molar-refractivity contribution in [3.05, 3.63) is 89.2 Å². The summed E-state index contributed by atoms with van der Waals surface area (Å²) in [5, 5.41) is 20.4. The molecule has 8 nitrogen and oxygen atoms in total. The molecule has 4 aromatic rings. The summed E-state index contributed by atoms with van der Waals surface area (Å²) in [5.41, 5.74) is 8.36. The summed E-state index contributed by atoms with van der Waals surface area (Å²) in [6.07, 6.45) is 1.30. The molecule has 0 spiro atoms. The highest BCUT2D eigenvalue weighted by atomic mass is 16.5. The maximum absolute atomic E-state index is 11.6. The first-order valence-electron chi connectivity index (χ1n) is 12.9. The molecule has 0 amide bonds. The Morgan fingerprint density at radius 1 is 1.13 bits per heavy atom. The molecule has 3 N–H and O–H groups in total. The minimum Gasteiger partial charge on any atom is -0.481 e. The molecule has 200 valence electrons. The van der Waals surface area contributed by atoms with E-state index in [9.17, 15) is 14.7 Å². The second-order valence-corrected chi connectivity index (χ2v) is 9.87. The molecule has 1 aliphatic carbocycles. The van der Waals surface area contributed by atoms with Crippen molar-refractivity contribution in [2.45, 2.75) is 44.8 Å². The van der Waals surface area contributed by atoms with E-state index >= 15 is 0 Å². The number of benzene rings is 3. The van der Waals surface area contributed by atoms with Gasteiger partial charge >= 0.3 is 5.97 Å². The van der Waals surface area contributed by atoms with Crippen LogP contribution in [-0.4, -0.2) is 29.8 Å². The van der Waals surface area contributed by atoms with Gasteiger partial charge in [-0.05, 0) is 55.0 Å². The summed E-state index contributed by atoms with van der Waals surface area (Å²) in [4.78, 5) is 21.6. The fraction of sp³-hybridized carbons (Fsp3) is 0.258. The lowest BCUT2D eigenvalue weighted by Crippen LogP contribution is -2.20. The van der Waals surface area contributed by atoms with Gasteiger partial charge in [-0.25, -0.2) is 0 Å². The molecule has 8 heteroatoms. The fourth-order valence-electron chi connectivity index (χ4n) is 5.06. The Bertz CT molecular complexity index is 1510. The molecule has 39 heavy (non-hydrogen) atoms. The molecule has 0 radical (unpaired) electrons. The SMILES string of the molecule is CC(OC=O)c1ccccc1.CNc1c(-c2ccc3c(c2)NCc2cc(C4(C(=O)O)CC4)ccc2-3)noc1C. The van der Waals surface area contributed by atoms with Crippen LogP contribution in [0.3, 0.4) is 0 Å². The normalized spacial score (nSPS) is 14.8. The van der Waals surface area contributed by atoms with Gasteiger partial charge in [0.25, 0.3) is 6.47 Å². The van der Waals surface area contributed by atoms with Gasteiger partial charge in [0.2, 0.25) is 0 Å². The van der Waals surface area contributed by atoms with Crippen LogP contribution in [0, 0.1) is 6.92 Å². The van der Waals surface area contributed by atoms with Gasteiger partial charge in [-0.1, -0.05) is 65.8 Å². The van der Waals surface area contributed by atoms with E-state index in [0.717, 1.165) is 69.1 Å². The van der Waals surface area contributed by atoms with Crippen molar-refractivity contribution in [3.8, 4) is 22.4 Å². The molecule has 2 aliphatic rings. The summed E-state index contributed by atoms with van der Waals surface area (Å²) in [6.45, 7) is 4.87. The van der Waals surface area contributed by atoms with Crippen molar-refractivity contribution in [2.24, 2.45) is 0 Å². The number of nitrogens with zero attached hydrogens (tertiary/aromatic N) is 1. The summed E-state index contributed by atoms with van der Waals surface area (Å²) < 4.78 is 10.1. The Hall–Kier alpha value is -4.59. The second kappa shape index (κ2) is 10.6. The molecule has 1 saturated carbocycles. The van der Waals surface area contributed by atoms with Gasteiger partial charge in [-0.3, -0.25) is 9.59 Å². The first-order chi connectivity index (χ1) is 18.9. The van der Waals surface area contributed by atoms with E-state index in [1.807, 2.05) is 63.4 Å². The first kappa shape index (κ1) is 26.0. The van der Waals surface area contributed by atoms with E-state index < -0.39 is 11.4 Å². The van der Waals surface area contributed by atoms with Crippen LogP contribution in [-0.2, 0) is 26.3 Å². The zero-order chi connectivity index (χ0) is 27.6. The quantitative estimate of drug-likeness (QED) is 0.240. The zero-order valence-corrected chi connectivity index (χ0v) is 22.2. The highest BCUT2D eigenvalue weighted by Gasteiger charge is 2.51. The Morgan fingerprint density at radius 2 is 1.87 bits per heavy atom. The topological polar surface area (TPSA) is 114 Å². The van der Waals surface area contributed by atoms with Crippen molar-refractivity contribution in [2.75, 3.05) is 17.7 Å². The average molecular weight is 526 g/mol. The molecule has 2 heterocycles. The van der Waals surface area contributed by atoms with Crippen LogP contribution in [0.15, 0.2) is 71.3 Å². The summed E-state index contributed by atoms with van der Waals surface area (Å²) in [7, 11) is 1.86. The Labute approximate surface area is 227 Å². The second-order valence-electron chi connectivity index (χ2n) is 9.87. The van der Waals surface area contributed by atoms with Gasteiger partial charge in [-0.2, -0.15) is 0 Å². The Kier molecular flexibility index (Phi) is 7.11. The molecule has 1 atom stereocenters. The fourth-order valence-corrected chi connectivity index (χ4v) is 5.06. The number of aliphatic carboxylic acids is 1. The van der Waals surface area contributed by atoms with E-state index in [2.05, 4.69) is 40.1 Å². The van der Waals surface area contributed by atoms with Crippen molar-refractivity contribution in [3.63, 3.8) is 0 Å². The van der Waals surface area contributed by atoms with Crippen molar-refractivity contribution >= 4 is 23.8 Å². The molecule has 1 aromatic heterocycles. The van der Waals surface area contributed by atoms with E-state index in [-0.39, 0.29) is 6.10 Å². The van der Waals surface area contributed by atoms with Crippen molar-refractivity contribution < 1.29 is 24.0 Å².